The number of alkyl halides is 2. The maximum atomic E-state index is 10.3. The predicted molar refractivity (Wildman–Crippen MR) is 41.6 cm³/mol. The Bertz CT molecular complexity index is 144. The van der Waals surface area contributed by atoms with Gasteiger partial charge in [0.1, 0.15) is 0 Å². The van der Waals surface area contributed by atoms with Crippen LogP contribution in [-0.2, 0) is 4.79 Å². The minimum atomic E-state index is -1.16. The summed E-state index contributed by atoms with van der Waals surface area (Å²) in [7, 11) is 0. The van der Waals surface area contributed by atoms with E-state index in [0.717, 1.165) is 0 Å². The topological polar surface area (TPSA) is 86.2 Å². The highest BCUT2D eigenvalue weighted by molar-refractivity contribution is 9.12. The lowest BCUT2D eigenvalue weighted by Crippen LogP contribution is -2.35. The Morgan fingerprint density at radius 1 is 1.60 bits per heavy atom. The van der Waals surface area contributed by atoms with Crippen molar-refractivity contribution in [2.45, 2.75) is 9.78 Å². The molecule has 58 valence electrons. The van der Waals surface area contributed by atoms with Crippen molar-refractivity contribution in [2.24, 2.45) is 5.73 Å². The summed E-state index contributed by atoms with van der Waals surface area (Å²) in [5, 5.41) is 9.97. The quantitative estimate of drug-likeness (QED) is 0.346. The summed E-state index contributed by atoms with van der Waals surface area (Å²) in [6.45, 7) is 0. The first kappa shape index (κ1) is 9.83. The molecular weight excluding hydrogens is 272 g/mol. The van der Waals surface area contributed by atoms with E-state index >= 15 is 0 Å². The van der Waals surface area contributed by atoms with Crippen LogP contribution in [0.25, 0.3) is 0 Å². The zero-order valence-electron chi connectivity index (χ0n) is 4.66. The van der Waals surface area contributed by atoms with Gasteiger partial charge in [0.05, 0.1) is 0 Å². The Morgan fingerprint density at radius 3 is 2.10 bits per heavy atom. The van der Waals surface area contributed by atoms with E-state index in [9.17, 15) is 14.9 Å². The van der Waals surface area contributed by atoms with Gasteiger partial charge in [-0.05, 0) is 15.9 Å². The van der Waals surface area contributed by atoms with Gasteiger partial charge in [-0.25, -0.2) is 0 Å². The SMILES string of the molecule is NC(=O)C(Br)C(Br)[N+](=O)[O-]. The molecule has 0 aliphatic heterocycles. The highest BCUT2D eigenvalue weighted by atomic mass is 79.9. The molecule has 0 spiro atoms. The fourth-order valence-electron chi connectivity index (χ4n) is 0.242. The van der Waals surface area contributed by atoms with Crippen molar-refractivity contribution in [1.82, 2.24) is 0 Å². The molecule has 0 bridgehead atoms. The molecule has 0 saturated heterocycles. The maximum Gasteiger partial charge on any atom is 0.286 e. The number of nitrogens with two attached hydrogens (primary N) is 1. The van der Waals surface area contributed by atoms with Gasteiger partial charge in [-0.2, -0.15) is 0 Å². The van der Waals surface area contributed by atoms with Gasteiger partial charge in [0.15, 0.2) is 4.83 Å². The highest BCUT2D eigenvalue weighted by Crippen LogP contribution is 2.13. The molecule has 0 heterocycles. The Balaban J connectivity index is 4.07. The summed E-state index contributed by atoms with van der Waals surface area (Å²) in [5.41, 5.74) is 4.75. The fraction of sp³-hybridized carbons (Fsp3) is 0.667. The second kappa shape index (κ2) is 3.87. The first-order valence-electron chi connectivity index (χ1n) is 2.17. The van der Waals surface area contributed by atoms with E-state index in [1.165, 1.54) is 0 Å². The normalized spacial score (nSPS) is 15.8. The molecule has 2 unspecified atom stereocenters. The number of rotatable bonds is 3. The van der Waals surface area contributed by atoms with Crippen LogP contribution in [0.2, 0.25) is 0 Å². The molecule has 0 aromatic carbocycles. The number of nitro groups is 1. The van der Waals surface area contributed by atoms with Crippen molar-refractivity contribution in [1.29, 1.82) is 0 Å². The molecule has 1 amide bonds. The molecule has 0 aromatic heterocycles. The van der Waals surface area contributed by atoms with E-state index in [4.69, 9.17) is 5.73 Å². The van der Waals surface area contributed by atoms with Crippen molar-refractivity contribution in [3.63, 3.8) is 0 Å². The number of hydrogen-bond acceptors (Lipinski definition) is 3. The van der Waals surface area contributed by atoms with E-state index in [-0.39, 0.29) is 0 Å². The summed E-state index contributed by atoms with van der Waals surface area (Å²) in [6, 6.07) is 0. The van der Waals surface area contributed by atoms with Crippen LogP contribution in [-0.4, -0.2) is 20.6 Å². The Labute approximate surface area is 73.4 Å². The summed E-state index contributed by atoms with van der Waals surface area (Å²) in [4.78, 5) is 17.5. The second-order valence-electron chi connectivity index (χ2n) is 1.46. The first-order chi connectivity index (χ1) is 4.46. The molecule has 10 heavy (non-hydrogen) atoms. The fourth-order valence-corrected chi connectivity index (χ4v) is 0.696. The van der Waals surface area contributed by atoms with E-state index in [2.05, 4.69) is 31.9 Å². The number of halogens is 2. The van der Waals surface area contributed by atoms with E-state index < -0.39 is 20.6 Å². The number of carbonyl (C=O) groups is 1. The Hall–Kier alpha value is -0.170. The van der Waals surface area contributed by atoms with Gasteiger partial charge in [-0.3, -0.25) is 14.9 Å². The van der Waals surface area contributed by atoms with E-state index in [1.54, 1.807) is 0 Å². The third-order valence-electron chi connectivity index (χ3n) is 0.715. The predicted octanol–water partition coefficient (Wildman–Crippen LogP) is 0.233. The van der Waals surface area contributed by atoms with Gasteiger partial charge in [-0.1, -0.05) is 15.9 Å². The van der Waals surface area contributed by atoms with Crippen LogP contribution < -0.4 is 5.73 Å². The van der Waals surface area contributed by atoms with Crippen LogP contribution >= 0.6 is 31.9 Å². The van der Waals surface area contributed by atoms with Crippen molar-refractivity contribution in [2.75, 3.05) is 0 Å². The third kappa shape index (κ3) is 2.61. The molecule has 0 aliphatic carbocycles. The van der Waals surface area contributed by atoms with Crippen LogP contribution in [0.3, 0.4) is 0 Å². The van der Waals surface area contributed by atoms with E-state index in [1.807, 2.05) is 0 Å². The van der Waals surface area contributed by atoms with Crippen LogP contribution in [0.1, 0.15) is 0 Å². The van der Waals surface area contributed by atoms with Gasteiger partial charge in [-0.15, -0.1) is 0 Å². The average Bonchev–Trinajstić information content (AvgIpc) is 1.84. The Kier molecular flexibility index (Phi) is 3.80. The zero-order valence-corrected chi connectivity index (χ0v) is 7.83. The van der Waals surface area contributed by atoms with E-state index in [0.29, 0.717) is 0 Å². The molecule has 0 saturated carbocycles. The van der Waals surface area contributed by atoms with Gasteiger partial charge in [0.2, 0.25) is 5.91 Å². The summed E-state index contributed by atoms with van der Waals surface area (Å²) < 4.78 is 0. The summed E-state index contributed by atoms with van der Waals surface area (Å²) in [6.07, 6.45) is 0. The lowest BCUT2D eigenvalue weighted by molar-refractivity contribution is -0.489. The minimum Gasteiger partial charge on any atom is -0.368 e. The Morgan fingerprint density at radius 2 is 2.00 bits per heavy atom. The van der Waals surface area contributed by atoms with Gasteiger partial charge in [0.25, 0.3) is 4.95 Å². The average molecular weight is 276 g/mol. The minimum absolute atomic E-state index is 0.649. The molecule has 0 aromatic rings. The second-order valence-corrected chi connectivity index (χ2v) is 3.39. The molecule has 2 N–H and O–H groups in total. The van der Waals surface area contributed by atoms with Crippen LogP contribution in [0.4, 0.5) is 0 Å². The molecule has 0 aliphatic rings. The standard InChI is InChI=1S/C3H4Br2N2O3/c4-1(3(6)8)2(5)7(9)10/h1-2H,(H2,6,8). The van der Waals surface area contributed by atoms with Crippen molar-refractivity contribution in [3.05, 3.63) is 10.1 Å². The smallest absolute Gasteiger partial charge is 0.286 e. The first-order valence-corrected chi connectivity index (χ1v) is 4.01. The largest absolute Gasteiger partial charge is 0.368 e. The van der Waals surface area contributed by atoms with Crippen LogP contribution in [0.5, 0.6) is 0 Å². The zero-order chi connectivity index (χ0) is 8.31. The lowest BCUT2D eigenvalue weighted by atomic mass is 10.4. The maximum absolute atomic E-state index is 10.3. The number of nitrogens with zero attached hydrogens (tertiary/aromatic N) is 1. The molecular formula is C3H4Br2N2O3. The molecule has 0 fully saturated rings. The van der Waals surface area contributed by atoms with Gasteiger partial charge in [0, 0.05) is 4.92 Å². The highest BCUT2D eigenvalue weighted by Gasteiger charge is 2.30. The molecule has 7 heteroatoms. The van der Waals surface area contributed by atoms with Crippen molar-refractivity contribution in [3.8, 4) is 0 Å². The van der Waals surface area contributed by atoms with Gasteiger partial charge >= 0.3 is 0 Å². The lowest BCUT2D eigenvalue weighted by Gasteiger charge is -2.04. The number of primary amides is 1. The summed E-state index contributed by atoms with van der Waals surface area (Å²) >= 11 is 5.41. The van der Waals surface area contributed by atoms with Crippen molar-refractivity contribution >= 4 is 37.8 Å². The molecule has 0 radical (unpaired) electrons. The molecule has 2 atom stereocenters. The number of amides is 1. The third-order valence-corrected chi connectivity index (χ3v) is 3.24. The molecule has 0 rings (SSSR count). The molecule has 5 nitrogen and oxygen atoms in total. The summed E-state index contributed by atoms with van der Waals surface area (Å²) in [5.74, 6) is -0.765. The van der Waals surface area contributed by atoms with Crippen LogP contribution in [0, 0.1) is 10.1 Å². The van der Waals surface area contributed by atoms with Crippen molar-refractivity contribution < 1.29 is 9.72 Å². The van der Waals surface area contributed by atoms with Crippen LogP contribution in [0.15, 0.2) is 0 Å². The number of hydrogen-bond donors (Lipinski definition) is 1. The van der Waals surface area contributed by atoms with Gasteiger partial charge < -0.3 is 5.73 Å². The monoisotopic (exact) mass is 274 g/mol. The number of carbonyl (C=O) groups excluding carboxylic acids is 1.